The molecule has 0 saturated heterocycles. The van der Waals surface area contributed by atoms with Gasteiger partial charge < -0.3 is 5.73 Å². The first-order valence-corrected chi connectivity index (χ1v) is 7.76. The lowest BCUT2D eigenvalue weighted by Crippen LogP contribution is -1.98. The highest BCUT2D eigenvalue weighted by Crippen LogP contribution is 2.29. The number of nitrogens with zero attached hydrogens (tertiary/aromatic N) is 1. The summed E-state index contributed by atoms with van der Waals surface area (Å²) in [6.45, 7) is 2.97. The zero-order valence-corrected chi connectivity index (χ0v) is 11.7. The van der Waals surface area contributed by atoms with E-state index in [1.165, 1.54) is 14.8 Å². The number of hydrogen-bond donors (Lipinski definition) is 1. The number of aryl methyl sites for hydroxylation is 2. The Morgan fingerprint density at radius 3 is 2.88 bits per heavy atom. The fourth-order valence-electron chi connectivity index (χ4n) is 1.67. The van der Waals surface area contributed by atoms with Crippen molar-refractivity contribution in [3.05, 3.63) is 27.4 Å². The van der Waals surface area contributed by atoms with Crippen molar-refractivity contribution in [1.29, 1.82) is 0 Å². The van der Waals surface area contributed by atoms with Gasteiger partial charge in [0, 0.05) is 10.3 Å². The van der Waals surface area contributed by atoms with E-state index in [1.807, 2.05) is 11.3 Å². The number of thiophene rings is 1. The Morgan fingerprint density at radius 2 is 2.18 bits per heavy atom. The Kier molecular flexibility index (Phi) is 4.71. The molecule has 0 spiro atoms. The van der Waals surface area contributed by atoms with Gasteiger partial charge in [0.1, 0.15) is 0 Å². The van der Waals surface area contributed by atoms with Crippen molar-refractivity contribution in [3.63, 3.8) is 0 Å². The minimum atomic E-state index is 0.781. The van der Waals surface area contributed by atoms with E-state index in [0.29, 0.717) is 0 Å². The van der Waals surface area contributed by atoms with Crippen molar-refractivity contribution in [2.75, 3.05) is 6.54 Å². The van der Waals surface area contributed by atoms with Crippen LogP contribution in [-0.4, -0.2) is 11.5 Å². The highest BCUT2D eigenvalue weighted by Gasteiger charge is 2.06. The average molecular weight is 266 g/mol. The molecule has 2 N–H and O–H groups in total. The maximum atomic E-state index is 5.49. The molecule has 0 aliphatic heterocycles. The van der Waals surface area contributed by atoms with Crippen molar-refractivity contribution in [1.82, 2.24) is 4.98 Å². The van der Waals surface area contributed by atoms with E-state index in [-0.39, 0.29) is 0 Å². The van der Waals surface area contributed by atoms with Gasteiger partial charge in [-0.2, -0.15) is 0 Å². The number of aromatic nitrogens is 1. The molecule has 0 radical (unpaired) electrons. The molecular weight excluding hydrogens is 248 g/mol. The standard InChI is InChI=1S/C13H18N2S2/c1-2-10-6-7-12(17-10)11-9-16-13(15-11)5-3-4-8-14/h6-7,9H,2-5,8,14H2,1H3. The van der Waals surface area contributed by atoms with Crippen LogP contribution in [0.1, 0.15) is 29.7 Å². The van der Waals surface area contributed by atoms with Crippen LogP contribution in [0.4, 0.5) is 0 Å². The van der Waals surface area contributed by atoms with Gasteiger partial charge in [-0.1, -0.05) is 6.92 Å². The molecule has 0 bridgehead atoms. The predicted octanol–water partition coefficient (Wildman–Crippen LogP) is 3.72. The van der Waals surface area contributed by atoms with Crippen LogP contribution in [0.15, 0.2) is 17.5 Å². The zero-order valence-electron chi connectivity index (χ0n) is 10.1. The van der Waals surface area contributed by atoms with Crippen molar-refractivity contribution in [2.45, 2.75) is 32.6 Å². The molecule has 17 heavy (non-hydrogen) atoms. The first-order valence-electron chi connectivity index (χ1n) is 6.07. The molecule has 0 aliphatic carbocycles. The molecule has 2 heterocycles. The second kappa shape index (κ2) is 6.28. The van der Waals surface area contributed by atoms with Gasteiger partial charge in [0.15, 0.2) is 0 Å². The lowest BCUT2D eigenvalue weighted by Gasteiger charge is -1.94. The number of unbranched alkanes of at least 4 members (excludes halogenated alkanes) is 1. The van der Waals surface area contributed by atoms with Crippen LogP contribution in [0, 0.1) is 0 Å². The summed E-state index contributed by atoms with van der Waals surface area (Å²) in [5.41, 5.74) is 6.63. The summed E-state index contributed by atoms with van der Waals surface area (Å²) in [5.74, 6) is 0. The fraction of sp³-hybridized carbons (Fsp3) is 0.462. The van der Waals surface area contributed by atoms with Gasteiger partial charge in [-0.25, -0.2) is 4.98 Å². The molecule has 2 aromatic rings. The van der Waals surface area contributed by atoms with E-state index in [1.54, 1.807) is 11.3 Å². The SMILES string of the molecule is CCc1ccc(-c2csc(CCCCN)n2)s1. The van der Waals surface area contributed by atoms with E-state index in [9.17, 15) is 0 Å². The third-order valence-electron chi connectivity index (χ3n) is 2.66. The molecule has 0 aromatic carbocycles. The lowest BCUT2D eigenvalue weighted by atomic mass is 10.2. The topological polar surface area (TPSA) is 38.9 Å². The first kappa shape index (κ1) is 12.7. The minimum Gasteiger partial charge on any atom is -0.330 e. The molecule has 0 fully saturated rings. The summed E-state index contributed by atoms with van der Waals surface area (Å²) in [5, 5.41) is 3.41. The third kappa shape index (κ3) is 3.37. The number of nitrogens with two attached hydrogens (primary N) is 1. The predicted molar refractivity (Wildman–Crippen MR) is 76.8 cm³/mol. The third-order valence-corrected chi connectivity index (χ3v) is 4.82. The summed E-state index contributed by atoms with van der Waals surface area (Å²) in [6.07, 6.45) is 4.41. The fourth-order valence-corrected chi connectivity index (χ4v) is 3.49. The number of thiazole rings is 1. The van der Waals surface area contributed by atoms with Crippen LogP contribution in [0.2, 0.25) is 0 Å². The normalized spacial score (nSPS) is 10.9. The maximum absolute atomic E-state index is 5.49. The van der Waals surface area contributed by atoms with Gasteiger partial charge in [0.05, 0.1) is 15.6 Å². The Labute approximate surface area is 111 Å². The number of rotatable bonds is 6. The lowest BCUT2D eigenvalue weighted by molar-refractivity contribution is 0.742. The Bertz CT molecular complexity index is 459. The van der Waals surface area contributed by atoms with E-state index in [2.05, 4.69) is 29.4 Å². The average Bonchev–Trinajstić information content (AvgIpc) is 2.97. The Balaban J connectivity index is 2.02. The molecule has 92 valence electrons. The van der Waals surface area contributed by atoms with Gasteiger partial charge >= 0.3 is 0 Å². The van der Waals surface area contributed by atoms with Gasteiger partial charge in [-0.3, -0.25) is 0 Å². The molecule has 0 saturated carbocycles. The molecule has 2 nitrogen and oxygen atoms in total. The number of hydrogen-bond acceptors (Lipinski definition) is 4. The Hall–Kier alpha value is -0.710. The van der Waals surface area contributed by atoms with Crippen molar-refractivity contribution < 1.29 is 0 Å². The summed E-state index contributed by atoms with van der Waals surface area (Å²) in [7, 11) is 0. The highest BCUT2D eigenvalue weighted by molar-refractivity contribution is 7.16. The molecular formula is C13H18N2S2. The van der Waals surface area contributed by atoms with Crippen LogP contribution < -0.4 is 5.73 Å². The van der Waals surface area contributed by atoms with Crippen molar-refractivity contribution in [2.24, 2.45) is 5.73 Å². The van der Waals surface area contributed by atoms with Crippen LogP contribution in [0.5, 0.6) is 0 Å². The van der Waals surface area contributed by atoms with Crippen LogP contribution in [0.25, 0.3) is 10.6 Å². The second-order valence-electron chi connectivity index (χ2n) is 3.99. The maximum Gasteiger partial charge on any atom is 0.0932 e. The van der Waals surface area contributed by atoms with Crippen LogP contribution in [-0.2, 0) is 12.8 Å². The van der Waals surface area contributed by atoms with E-state index in [0.717, 1.165) is 37.9 Å². The minimum absolute atomic E-state index is 0.781. The summed E-state index contributed by atoms with van der Waals surface area (Å²) in [6, 6.07) is 4.38. The molecule has 4 heteroatoms. The molecule has 0 aliphatic rings. The van der Waals surface area contributed by atoms with E-state index >= 15 is 0 Å². The monoisotopic (exact) mass is 266 g/mol. The summed E-state index contributed by atoms with van der Waals surface area (Å²) < 4.78 is 0. The molecule has 2 rings (SSSR count). The molecule has 0 amide bonds. The van der Waals surface area contributed by atoms with E-state index < -0.39 is 0 Å². The van der Waals surface area contributed by atoms with Gasteiger partial charge in [0.25, 0.3) is 0 Å². The Morgan fingerprint density at radius 1 is 1.29 bits per heavy atom. The zero-order chi connectivity index (χ0) is 12.1. The van der Waals surface area contributed by atoms with Crippen LogP contribution in [0.3, 0.4) is 0 Å². The van der Waals surface area contributed by atoms with Gasteiger partial charge in [-0.05, 0) is 44.4 Å². The van der Waals surface area contributed by atoms with Crippen LogP contribution >= 0.6 is 22.7 Å². The van der Waals surface area contributed by atoms with E-state index in [4.69, 9.17) is 5.73 Å². The van der Waals surface area contributed by atoms with Gasteiger partial charge in [0.2, 0.25) is 0 Å². The summed E-state index contributed by atoms with van der Waals surface area (Å²) >= 11 is 3.62. The second-order valence-corrected chi connectivity index (χ2v) is 6.10. The molecule has 0 unspecified atom stereocenters. The van der Waals surface area contributed by atoms with Crippen molar-refractivity contribution >= 4 is 22.7 Å². The first-order chi connectivity index (χ1) is 8.33. The molecule has 0 atom stereocenters. The largest absolute Gasteiger partial charge is 0.330 e. The molecule has 2 aromatic heterocycles. The smallest absolute Gasteiger partial charge is 0.0932 e. The highest BCUT2D eigenvalue weighted by atomic mass is 32.1. The quantitative estimate of drug-likeness (QED) is 0.809. The van der Waals surface area contributed by atoms with Crippen molar-refractivity contribution in [3.8, 4) is 10.6 Å². The van der Waals surface area contributed by atoms with Gasteiger partial charge in [-0.15, -0.1) is 22.7 Å². The summed E-state index contributed by atoms with van der Waals surface area (Å²) in [4.78, 5) is 7.41.